The van der Waals surface area contributed by atoms with E-state index in [9.17, 15) is 0 Å². The van der Waals surface area contributed by atoms with Gasteiger partial charge < -0.3 is 9.38 Å². The largest absolute Gasteiger partial charge is 0.338 e. The van der Waals surface area contributed by atoms with E-state index in [-0.39, 0.29) is 0 Å². The van der Waals surface area contributed by atoms with Gasteiger partial charge in [-0.2, -0.15) is 0 Å². The molecule has 1 aliphatic rings. The van der Waals surface area contributed by atoms with Gasteiger partial charge in [-0.05, 0) is 35.9 Å². The highest BCUT2D eigenvalue weighted by atomic mass is 32.2. The molecule has 1 atom stereocenters. The molecule has 0 spiro atoms. The molecule has 0 bridgehead atoms. The zero-order valence-corrected chi connectivity index (χ0v) is 20.4. The van der Waals surface area contributed by atoms with E-state index in [0.29, 0.717) is 6.04 Å². The van der Waals surface area contributed by atoms with Crippen LogP contribution in [-0.2, 0) is 0 Å². The molecule has 164 valence electrons. The van der Waals surface area contributed by atoms with Gasteiger partial charge in [-0.3, -0.25) is 4.98 Å². The van der Waals surface area contributed by atoms with Crippen molar-refractivity contribution in [1.29, 1.82) is 0 Å². The third-order valence-corrected chi connectivity index (χ3v) is 7.20. The van der Waals surface area contributed by atoms with Crippen molar-refractivity contribution in [2.24, 2.45) is 0 Å². The van der Waals surface area contributed by atoms with Gasteiger partial charge in [0.25, 0.3) is 0 Å². The Balaban J connectivity index is 1.60. The average molecular weight is 443 g/mol. The zero-order valence-electron chi connectivity index (χ0n) is 19.6. The molecule has 1 aromatic heterocycles. The van der Waals surface area contributed by atoms with E-state index in [0.717, 1.165) is 16.4 Å². The van der Waals surface area contributed by atoms with Crippen LogP contribution in [0.1, 0.15) is 30.5 Å². The minimum Gasteiger partial charge on any atom is -0.338 e. The molecular formula is C28H32N3S+. The summed E-state index contributed by atoms with van der Waals surface area (Å²) in [6, 6.07) is 17.6. The standard InChI is InChI=1S/C28H32N3S/c1-6-25(31(3,4)5)22-14-12-15-23-28(22)21(19-20-29-23)13-8-7-9-18-27-30(2)24-16-10-11-17-26(24)32-27/h7-20,25H,6H2,1-5H3/q+1. The highest BCUT2D eigenvalue weighted by Gasteiger charge is 2.26. The first kappa shape index (κ1) is 22.4. The summed E-state index contributed by atoms with van der Waals surface area (Å²) in [6.07, 6.45) is 13.7. The number of quaternary nitrogens is 1. The summed E-state index contributed by atoms with van der Waals surface area (Å²) in [4.78, 5) is 8.20. The topological polar surface area (TPSA) is 16.1 Å². The minimum atomic E-state index is 0.423. The Kier molecular flexibility index (Phi) is 6.54. The second kappa shape index (κ2) is 9.35. The van der Waals surface area contributed by atoms with Gasteiger partial charge in [-0.1, -0.05) is 67.3 Å². The van der Waals surface area contributed by atoms with E-state index in [2.05, 4.69) is 124 Å². The molecule has 1 aliphatic heterocycles. The van der Waals surface area contributed by atoms with E-state index < -0.39 is 0 Å². The fourth-order valence-corrected chi connectivity index (χ4v) is 5.55. The lowest BCUT2D eigenvalue weighted by Crippen LogP contribution is -2.38. The normalized spacial score (nSPS) is 16.5. The molecule has 4 rings (SSSR count). The summed E-state index contributed by atoms with van der Waals surface area (Å²) >= 11 is 1.81. The summed E-state index contributed by atoms with van der Waals surface area (Å²) in [5.41, 5.74) is 4.92. The van der Waals surface area contributed by atoms with Crippen LogP contribution < -0.4 is 4.90 Å². The number of aromatic nitrogens is 1. The fourth-order valence-electron chi connectivity index (χ4n) is 4.49. The SMILES string of the molecule is CCC(c1cccc2nccc(C=CC=CC=C3Sc4ccccc4N3C)c12)[N+](C)(C)C. The zero-order chi connectivity index (χ0) is 22.7. The molecule has 1 unspecified atom stereocenters. The van der Waals surface area contributed by atoms with Crippen LogP contribution in [0.3, 0.4) is 0 Å². The number of para-hydroxylation sites is 1. The second-order valence-corrected chi connectivity index (χ2v) is 10.1. The molecule has 3 nitrogen and oxygen atoms in total. The number of nitrogens with zero attached hydrogens (tertiary/aromatic N) is 3. The van der Waals surface area contributed by atoms with Gasteiger partial charge in [0.1, 0.15) is 6.04 Å². The van der Waals surface area contributed by atoms with Crippen molar-refractivity contribution in [1.82, 2.24) is 4.98 Å². The third-order valence-electron chi connectivity index (χ3n) is 6.02. The summed E-state index contributed by atoms with van der Waals surface area (Å²) < 4.78 is 0.898. The van der Waals surface area contributed by atoms with Crippen molar-refractivity contribution in [3.05, 3.63) is 95.2 Å². The summed E-state index contributed by atoms with van der Waals surface area (Å²) in [7, 11) is 8.93. The summed E-state index contributed by atoms with van der Waals surface area (Å²) in [5.74, 6) is 0. The van der Waals surface area contributed by atoms with Crippen molar-refractivity contribution < 1.29 is 4.48 Å². The van der Waals surface area contributed by atoms with Crippen LogP contribution in [0, 0.1) is 0 Å². The van der Waals surface area contributed by atoms with Crippen molar-refractivity contribution in [3.8, 4) is 0 Å². The van der Waals surface area contributed by atoms with Crippen molar-refractivity contribution >= 4 is 34.4 Å². The number of allylic oxidation sites excluding steroid dienone is 4. The Morgan fingerprint density at radius 3 is 2.56 bits per heavy atom. The maximum atomic E-state index is 4.65. The van der Waals surface area contributed by atoms with Gasteiger partial charge in [0.2, 0.25) is 0 Å². The van der Waals surface area contributed by atoms with Gasteiger partial charge in [0.05, 0.1) is 37.4 Å². The molecule has 0 saturated heterocycles. The summed E-state index contributed by atoms with van der Waals surface area (Å²) in [6.45, 7) is 2.27. The minimum absolute atomic E-state index is 0.423. The fraction of sp³-hybridized carbons (Fsp3) is 0.250. The molecule has 32 heavy (non-hydrogen) atoms. The van der Waals surface area contributed by atoms with E-state index in [1.807, 2.05) is 18.0 Å². The number of pyridine rings is 1. The number of rotatable bonds is 6. The van der Waals surface area contributed by atoms with Crippen LogP contribution in [-0.4, -0.2) is 37.7 Å². The predicted molar refractivity (Wildman–Crippen MR) is 140 cm³/mol. The lowest BCUT2D eigenvalue weighted by Gasteiger charge is -2.34. The Bertz CT molecular complexity index is 1200. The highest BCUT2D eigenvalue weighted by Crippen LogP contribution is 2.44. The molecule has 0 saturated carbocycles. The number of hydrogen-bond acceptors (Lipinski definition) is 3. The number of hydrogen-bond donors (Lipinski definition) is 0. The number of thioether (sulfide) groups is 1. The first-order chi connectivity index (χ1) is 15.4. The molecule has 2 heterocycles. The maximum Gasteiger partial charge on any atom is 0.114 e. The number of fused-ring (bicyclic) bond motifs is 2. The van der Waals surface area contributed by atoms with Crippen LogP contribution in [0.2, 0.25) is 0 Å². The van der Waals surface area contributed by atoms with Gasteiger partial charge in [0, 0.05) is 35.5 Å². The predicted octanol–water partition coefficient (Wildman–Crippen LogP) is 7.05. The molecule has 4 heteroatoms. The summed E-state index contributed by atoms with van der Waals surface area (Å²) in [5, 5.41) is 2.50. The monoisotopic (exact) mass is 442 g/mol. The van der Waals surface area contributed by atoms with Gasteiger partial charge in [0.15, 0.2) is 0 Å². The molecule has 0 fully saturated rings. The van der Waals surface area contributed by atoms with Crippen molar-refractivity contribution in [3.63, 3.8) is 0 Å². The Morgan fingerprint density at radius 1 is 1.00 bits per heavy atom. The van der Waals surface area contributed by atoms with Gasteiger partial charge >= 0.3 is 0 Å². The lowest BCUT2D eigenvalue weighted by atomic mass is 9.94. The first-order valence-corrected chi connectivity index (χ1v) is 12.0. The highest BCUT2D eigenvalue weighted by molar-refractivity contribution is 8.03. The van der Waals surface area contributed by atoms with E-state index in [1.54, 1.807) is 0 Å². The molecule has 0 aliphatic carbocycles. The van der Waals surface area contributed by atoms with Crippen molar-refractivity contribution in [2.45, 2.75) is 24.3 Å². The third kappa shape index (κ3) is 4.52. The molecule has 2 aromatic carbocycles. The number of benzene rings is 2. The van der Waals surface area contributed by atoms with Crippen LogP contribution in [0.25, 0.3) is 17.0 Å². The number of anilines is 1. The van der Waals surface area contributed by atoms with Crippen LogP contribution >= 0.6 is 11.8 Å². The van der Waals surface area contributed by atoms with E-state index in [4.69, 9.17) is 0 Å². The maximum absolute atomic E-state index is 4.65. The first-order valence-electron chi connectivity index (χ1n) is 11.1. The Morgan fingerprint density at radius 2 is 1.81 bits per heavy atom. The lowest BCUT2D eigenvalue weighted by molar-refractivity contribution is -0.902. The molecule has 0 amide bonds. The average Bonchev–Trinajstić information content (AvgIpc) is 3.09. The van der Waals surface area contributed by atoms with Crippen LogP contribution in [0.5, 0.6) is 0 Å². The van der Waals surface area contributed by atoms with Gasteiger partial charge in [-0.25, -0.2) is 0 Å². The molecule has 3 aromatic rings. The smallest absolute Gasteiger partial charge is 0.114 e. The second-order valence-electron chi connectivity index (χ2n) is 9.06. The van der Waals surface area contributed by atoms with Gasteiger partial charge in [-0.15, -0.1) is 0 Å². The van der Waals surface area contributed by atoms with Crippen LogP contribution in [0.4, 0.5) is 5.69 Å². The Hall–Kier alpha value is -2.82. The van der Waals surface area contributed by atoms with Crippen molar-refractivity contribution in [2.75, 3.05) is 33.1 Å². The Labute approximate surface area is 196 Å². The molecular weight excluding hydrogens is 410 g/mol. The molecule has 0 radical (unpaired) electrons. The van der Waals surface area contributed by atoms with Crippen LogP contribution in [0.15, 0.2) is 89.0 Å². The molecule has 0 N–H and O–H groups in total. The van der Waals surface area contributed by atoms with E-state index in [1.165, 1.54) is 32.1 Å². The quantitative estimate of drug-likeness (QED) is 0.301. The van der Waals surface area contributed by atoms with E-state index >= 15 is 0 Å².